The summed E-state index contributed by atoms with van der Waals surface area (Å²) < 4.78 is 13.2. The molecule has 8 heteroatoms. The van der Waals surface area contributed by atoms with Gasteiger partial charge in [0.15, 0.2) is 11.6 Å². The van der Waals surface area contributed by atoms with E-state index in [0.29, 0.717) is 18.4 Å². The highest BCUT2D eigenvalue weighted by Gasteiger charge is 2.37. The molecule has 130 valence electrons. The first-order valence-corrected chi connectivity index (χ1v) is 8.16. The smallest absolute Gasteiger partial charge is 0.234 e. The van der Waals surface area contributed by atoms with E-state index >= 15 is 0 Å². The zero-order chi connectivity index (χ0) is 17.1. The van der Waals surface area contributed by atoms with Crippen LogP contribution in [0.3, 0.4) is 0 Å². The van der Waals surface area contributed by atoms with Crippen molar-refractivity contribution >= 4 is 5.82 Å². The molecule has 0 saturated carbocycles. The number of hydrogen-bond acceptors (Lipinski definition) is 7. The monoisotopic (exact) mass is 332 g/mol. The molecule has 0 unspecified atom stereocenters. The summed E-state index contributed by atoms with van der Waals surface area (Å²) in [6, 6.07) is 0.0529. The Balaban J connectivity index is 1.85. The number of aryl methyl sites for hydroxylation is 1. The van der Waals surface area contributed by atoms with Gasteiger partial charge >= 0.3 is 0 Å². The predicted octanol–water partition coefficient (Wildman–Crippen LogP) is 1.61. The molecule has 8 nitrogen and oxygen atoms in total. The molecule has 0 bridgehead atoms. The minimum absolute atomic E-state index is 0.0529. The van der Waals surface area contributed by atoms with Gasteiger partial charge in [-0.1, -0.05) is 13.8 Å². The molecule has 0 amide bonds. The Hall–Kier alpha value is -2.22. The van der Waals surface area contributed by atoms with Gasteiger partial charge in [0.1, 0.15) is 6.33 Å². The van der Waals surface area contributed by atoms with Crippen LogP contribution in [0.1, 0.15) is 32.1 Å². The topological polar surface area (TPSA) is 78.2 Å². The first-order valence-electron chi connectivity index (χ1n) is 8.16. The Labute approximate surface area is 141 Å². The lowest BCUT2D eigenvalue weighted by Gasteiger charge is -2.24. The second-order valence-corrected chi connectivity index (χ2v) is 6.48. The van der Waals surface area contributed by atoms with Crippen molar-refractivity contribution in [2.24, 2.45) is 13.0 Å². The molecule has 2 aromatic heterocycles. The molecule has 0 radical (unpaired) electrons. The third-order valence-corrected chi connectivity index (χ3v) is 4.10. The van der Waals surface area contributed by atoms with E-state index in [1.165, 1.54) is 0 Å². The minimum Gasteiger partial charge on any atom is -0.476 e. The first-order chi connectivity index (χ1) is 11.6. The average molecular weight is 332 g/mol. The van der Waals surface area contributed by atoms with Crippen molar-refractivity contribution in [2.75, 3.05) is 25.2 Å². The summed E-state index contributed by atoms with van der Waals surface area (Å²) in [5.41, 5.74) is 0. The van der Waals surface area contributed by atoms with Crippen LogP contribution in [0, 0.1) is 5.92 Å². The van der Waals surface area contributed by atoms with Crippen molar-refractivity contribution in [2.45, 2.75) is 32.4 Å². The Morgan fingerprint density at radius 1 is 1.33 bits per heavy atom. The molecule has 24 heavy (non-hydrogen) atoms. The van der Waals surface area contributed by atoms with E-state index < -0.39 is 0 Å². The SMILES string of the molecule is CO[C@@H]1C[C@@H](c2nncn2C)N(c2cncc(OCC(C)C)n2)C1. The summed E-state index contributed by atoms with van der Waals surface area (Å²) in [5.74, 6) is 2.64. The van der Waals surface area contributed by atoms with Crippen molar-refractivity contribution in [3.8, 4) is 5.88 Å². The third kappa shape index (κ3) is 3.48. The maximum absolute atomic E-state index is 5.71. The summed E-state index contributed by atoms with van der Waals surface area (Å²) in [6.07, 6.45) is 6.06. The van der Waals surface area contributed by atoms with Crippen molar-refractivity contribution in [1.29, 1.82) is 0 Å². The highest BCUT2D eigenvalue weighted by molar-refractivity contribution is 5.42. The Morgan fingerprint density at radius 2 is 2.17 bits per heavy atom. The summed E-state index contributed by atoms with van der Waals surface area (Å²) in [6.45, 7) is 5.55. The molecule has 2 aromatic rings. The van der Waals surface area contributed by atoms with E-state index in [1.807, 2.05) is 11.6 Å². The van der Waals surface area contributed by atoms with Crippen LogP contribution in [0.25, 0.3) is 0 Å². The van der Waals surface area contributed by atoms with E-state index in [1.54, 1.807) is 25.8 Å². The van der Waals surface area contributed by atoms with E-state index in [-0.39, 0.29) is 12.1 Å². The lowest BCUT2D eigenvalue weighted by molar-refractivity contribution is 0.118. The number of aromatic nitrogens is 5. The van der Waals surface area contributed by atoms with Gasteiger partial charge in [-0.25, -0.2) is 0 Å². The Morgan fingerprint density at radius 3 is 2.83 bits per heavy atom. The van der Waals surface area contributed by atoms with Gasteiger partial charge in [0, 0.05) is 27.1 Å². The van der Waals surface area contributed by atoms with E-state index in [0.717, 1.165) is 24.6 Å². The summed E-state index contributed by atoms with van der Waals surface area (Å²) >= 11 is 0. The number of ether oxygens (including phenoxy) is 2. The first kappa shape index (κ1) is 16.6. The second kappa shape index (κ2) is 7.12. The van der Waals surface area contributed by atoms with Gasteiger partial charge in [-0.15, -0.1) is 10.2 Å². The molecule has 0 N–H and O–H groups in total. The van der Waals surface area contributed by atoms with Crippen molar-refractivity contribution in [3.63, 3.8) is 0 Å². The predicted molar refractivity (Wildman–Crippen MR) is 88.9 cm³/mol. The van der Waals surface area contributed by atoms with Crippen LogP contribution in [0.4, 0.5) is 5.82 Å². The normalized spacial score (nSPS) is 20.8. The van der Waals surface area contributed by atoms with Crippen LogP contribution in [0.5, 0.6) is 5.88 Å². The van der Waals surface area contributed by atoms with Gasteiger partial charge in [-0.3, -0.25) is 4.98 Å². The van der Waals surface area contributed by atoms with E-state index in [9.17, 15) is 0 Å². The molecule has 3 heterocycles. The molecular weight excluding hydrogens is 308 g/mol. The molecule has 1 aliphatic heterocycles. The number of hydrogen-bond donors (Lipinski definition) is 0. The van der Waals surface area contributed by atoms with E-state index in [4.69, 9.17) is 9.47 Å². The molecule has 0 aliphatic carbocycles. The van der Waals surface area contributed by atoms with Gasteiger partial charge < -0.3 is 18.9 Å². The summed E-state index contributed by atoms with van der Waals surface area (Å²) in [7, 11) is 3.68. The van der Waals surface area contributed by atoms with Crippen molar-refractivity contribution in [3.05, 3.63) is 24.5 Å². The van der Waals surface area contributed by atoms with Gasteiger partial charge in [-0.05, 0) is 5.92 Å². The molecule has 1 aliphatic rings. The van der Waals surface area contributed by atoms with Crippen LogP contribution in [0.15, 0.2) is 18.7 Å². The maximum Gasteiger partial charge on any atom is 0.234 e. The summed E-state index contributed by atoms with van der Waals surface area (Å²) in [5, 5.41) is 8.26. The number of nitrogens with zero attached hydrogens (tertiary/aromatic N) is 6. The van der Waals surface area contributed by atoms with E-state index in [2.05, 4.69) is 38.9 Å². The van der Waals surface area contributed by atoms with Crippen LogP contribution in [0.2, 0.25) is 0 Å². The van der Waals surface area contributed by atoms with Crippen LogP contribution in [-0.2, 0) is 11.8 Å². The lowest BCUT2D eigenvalue weighted by Crippen LogP contribution is -2.27. The molecule has 0 spiro atoms. The maximum atomic E-state index is 5.71. The summed E-state index contributed by atoms with van der Waals surface area (Å²) in [4.78, 5) is 11.1. The molecular formula is C16H24N6O2. The highest BCUT2D eigenvalue weighted by atomic mass is 16.5. The van der Waals surface area contributed by atoms with Crippen LogP contribution >= 0.6 is 0 Å². The van der Waals surface area contributed by atoms with Crippen molar-refractivity contribution in [1.82, 2.24) is 24.7 Å². The Kier molecular flexibility index (Phi) is 4.94. The van der Waals surface area contributed by atoms with Crippen LogP contribution < -0.4 is 9.64 Å². The van der Waals surface area contributed by atoms with Gasteiger partial charge in [0.2, 0.25) is 5.88 Å². The average Bonchev–Trinajstić information content (AvgIpc) is 3.18. The quantitative estimate of drug-likeness (QED) is 0.795. The third-order valence-electron chi connectivity index (χ3n) is 4.10. The minimum atomic E-state index is 0.0529. The largest absolute Gasteiger partial charge is 0.476 e. The standard InChI is InChI=1S/C16H24N6O2/c1-11(2)9-24-15-7-17-6-14(19-15)22-8-12(23-4)5-13(22)16-20-18-10-21(16)3/h6-7,10-13H,5,8-9H2,1-4H3/t12-,13+/m1/s1. The zero-order valence-corrected chi connectivity index (χ0v) is 14.6. The van der Waals surface area contributed by atoms with Gasteiger partial charge in [-0.2, -0.15) is 4.98 Å². The molecule has 2 atom stereocenters. The number of anilines is 1. The fraction of sp³-hybridized carbons (Fsp3) is 0.625. The van der Waals surface area contributed by atoms with Gasteiger partial charge in [0.25, 0.3) is 0 Å². The molecule has 1 saturated heterocycles. The Bertz CT molecular complexity index is 674. The molecule has 0 aromatic carbocycles. The fourth-order valence-electron chi connectivity index (χ4n) is 2.86. The van der Waals surface area contributed by atoms with Crippen molar-refractivity contribution < 1.29 is 9.47 Å². The number of methoxy groups -OCH3 is 1. The second-order valence-electron chi connectivity index (χ2n) is 6.48. The van der Waals surface area contributed by atoms with Gasteiger partial charge in [0.05, 0.1) is 31.1 Å². The molecule has 1 fully saturated rings. The lowest BCUT2D eigenvalue weighted by atomic mass is 10.2. The van der Waals surface area contributed by atoms with Crippen LogP contribution in [-0.4, -0.2) is 51.1 Å². The fourth-order valence-corrected chi connectivity index (χ4v) is 2.86. The number of rotatable bonds is 6. The molecule has 3 rings (SSSR count). The zero-order valence-electron chi connectivity index (χ0n) is 14.6. The highest BCUT2D eigenvalue weighted by Crippen LogP contribution is 2.35.